The quantitative estimate of drug-likeness (QED) is 0.716. The van der Waals surface area contributed by atoms with E-state index in [9.17, 15) is 10.0 Å². The van der Waals surface area contributed by atoms with E-state index >= 15 is 0 Å². The maximum absolute atomic E-state index is 9.45. The highest BCUT2D eigenvalue weighted by Gasteiger charge is 2.29. The molecule has 0 amide bonds. The molecule has 2 N–H and O–H groups in total. The average Bonchev–Trinajstić information content (AvgIpc) is 2.97. The molecule has 0 aromatic heterocycles. The molecule has 5 nitrogen and oxygen atoms in total. The Bertz CT molecular complexity index is 466. The van der Waals surface area contributed by atoms with Gasteiger partial charge >= 0.3 is 7.12 Å². The van der Waals surface area contributed by atoms with Gasteiger partial charge in [0.2, 0.25) is 0 Å². The number of nitrogens with zero attached hydrogens (tertiary/aromatic N) is 2. The summed E-state index contributed by atoms with van der Waals surface area (Å²) in [6.45, 7) is 6.66. The minimum atomic E-state index is -1.39. The third-order valence-corrected chi connectivity index (χ3v) is 4.54. The van der Waals surface area contributed by atoms with Crippen molar-refractivity contribution in [1.29, 1.82) is 0 Å². The molecule has 2 saturated heterocycles. The van der Waals surface area contributed by atoms with E-state index in [1.807, 2.05) is 18.2 Å². The van der Waals surface area contributed by atoms with Gasteiger partial charge in [-0.3, -0.25) is 9.80 Å². The molecular formula is C15H23BN2O3. The molecule has 2 aliphatic heterocycles. The zero-order valence-corrected chi connectivity index (χ0v) is 12.3. The van der Waals surface area contributed by atoms with Crippen LogP contribution in [-0.4, -0.2) is 72.4 Å². The van der Waals surface area contributed by atoms with Crippen LogP contribution in [0.1, 0.15) is 12.0 Å². The molecule has 2 fully saturated rings. The Morgan fingerprint density at radius 1 is 1.14 bits per heavy atom. The van der Waals surface area contributed by atoms with Crippen LogP contribution in [0.2, 0.25) is 0 Å². The zero-order valence-electron chi connectivity index (χ0n) is 12.3. The fourth-order valence-electron chi connectivity index (χ4n) is 3.37. The zero-order chi connectivity index (χ0) is 14.7. The van der Waals surface area contributed by atoms with E-state index in [1.54, 1.807) is 6.07 Å². The van der Waals surface area contributed by atoms with Gasteiger partial charge in [0, 0.05) is 38.8 Å². The minimum absolute atomic E-state index is 0.611. The van der Waals surface area contributed by atoms with Gasteiger partial charge in [-0.05, 0) is 17.4 Å². The Kier molecular flexibility index (Phi) is 4.93. The predicted octanol–water partition coefficient (Wildman–Crippen LogP) is -0.727. The van der Waals surface area contributed by atoms with Crippen molar-refractivity contribution in [3.05, 3.63) is 29.8 Å². The molecule has 1 aromatic rings. The Labute approximate surface area is 126 Å². The van der Waals surface area contributed by atoms with Crippen molar-refractivity contribution in [2.24, 2.45) is 0 Å². The summed E-state index contributed by atoms with van der Waals surface area (Å²) in [6.07, 6.45) is 1.18. The van der Waals surface area contributed by atoms with Crippen LogP contribution >= 0.6 is 0 Å². The van der Waals surface area contributed by atoms with Gasteiger partial charge in [-0.25, -0.2) is 0 Å². The lowest BCUT2D eigenvalue weighted by molar-refractivity contribution is 0.0184. The van der Waals surface area contributed by atoms with Gasteiger partial charge in [0.1, 0.15) is 0 Å². The lowest BCUT2D eigenvalue weighted by Crippen LogP contribution is -2.44. The number of hydrogen-bond acceptors (Lipinski definition) is 5. The summed E-state index contributed by atoms with van der Waals surface area (Å²) in [4.78, 5) is 4.93. The van der Waals surface area contributed by atoms with Crippen molar-refractivity contribution in [2.75, 3.05) is 39.4 Å². The fraction of sp³-hybridized carbons (Fsp3) is 0.600. The van der Waals surface area contributed by atoms with Gasteiger partial charge in [0.25, 0.3) is 0 Å². The van der Waals surface area contributed by atoms with E-state index in [0.29, 0.717) is 11.5 Å². The summed E-state index contributed by atoms with van der Waals surface area (Å²) in [6, 6.07) is 8.18. The highest BCUT2D eigenvalue weighted by Crippen LogP contribution is 2.18. The Hall–Kier alpha value is -0.915. The maximum Gasteiger partial charge on any atom is 0.488 e. The van der Waals surface area contributed by atoms with Crippen molar-refractivity contribution in [3.8, 4) is 0 Å². The van der Waals surface area contributed by atoms with Crippen LogP contribution in [0.3, 0.4) is 0 Å². The lowest BCUT2D eigenvalue weighted by Gasteiger charge is -2.32. The number of ether oxygens (including phenoxy) is 1. The summed E-state index contributed by atoms with van der Waals surface area (Å²) in [5, 5.41) is 18.9. The summed E-state index contributed by atoms with van der Waals surface area (Å²) in [7, 11) is -1.39. The van der Waals surface area contributed by atoms with Crippen LogP contribution in [0.4, 0.5) is 0 Å². The normalized spacial score (nSPS) is 24.4. The van der Waals surface area contributed by atoms with Crippen molar-refractivity contribution in [3.63, 3.8) is 0 Å². The number of hydrogen-bond donors (Lipinski definition) is 2. The third kappa shape index (κ3) is 3.65. The molecule has 0 spiro atoms. The second-order valence-electron chi connectivity index (χ2n) is 5.90. The van der Waals surface area contributed by atoms with Crippen molar-refractivity contribution >= 4 is 12.6 Å². The van der Waals surface area contributed by atoms with E-state index in [0.717, 1.165) is 51.5 Å². The molecule has 0 saturated carbocycles. The molecule has 2 aliphatic rings. The first-order valence-electron chi connectivity index (χ1n) is 7.72. The van der Waals surface area contributed by atoms with Gasteiger partial charge in [-0.1, -0.05) is 24.3 Å². The third-order valence-electron chi connectivity index (χ3n) is 4.54. The van der Waals surface area contributed by atoms with Gasteiger partial charge in [-0.2, -0.15) is 0 Å². The van der Waals surface area contributed by atoms with E-state index in [1.165, 1.54) is 6.42 Å². The first-order valence-corrected chi connectivity index (χ1v) is 7.72. The molecule has 0 bridgehead atoms. The second-order valence-corrected chi connectivity index (χ2v) is 5.90. The number of rotatable bonds is 4. The minimum Gasteiger partial charge on any atom is -0.423 e. The number of morpholine rings is 1. The van der Waals surface area contributed by atoms with E-state index in [2.05, 4.69) is 9.80 Å². The van der Waals surface area contributed by atoms with Crippen LogP contribution in [0, 0.1) is 0 Å². The molecule has 1 aromatic carbocycles. The van der Waals surface area contributed by atoms with E-state index < -0.39 is 7.12 Å². The van der Waals surface area contributed by atoms with Gasteiger partial charge < -0.3 is 14.8 Å². The van der Waals surface area contributed by atoms with Crippen molar-refractivity contribution < 1.29 is 14.8 Å². The molecule has 3 rings (SSSR count). The first kappa shape index (κ1) is 15.0. The average molecular weight is 290 g/mol. The Morgan fingerprint density at radius 2 is 1.90 bits per heavy atom. The first-order chi connectivity index (χ1) is 10.2. The van der Waals surface area contributed by atoms with E-state index in [-0.39, 0.29) is 0 Å². The molecule has 21 heavy (non-hydrogen) atoms. The predicted molar refractivity (Wildman–Crippen MR) is 82.3 cm³/mol. The molecule has 1 unspecified atom stereocenters. The van der Waals surface area contributed by atoms with Gasteiger partial charge in [-0.15, -0.1) is 0 Å². The maximum atomic E-state index is 9.45. The topological polar surface area (TPSA) is 56.2 Å². The highest BCUT2D eigenvalue weighted by atomic mass is 16.5. The summed E-state index contributed by atoms with van der Waals surface area (Å²) >= 11 is 0. The fourth-order valence-corrected chi connectivity index (χ4v) is 3.37. The van der Waals surface area contributed by atoms with Crippen LogP contribution in [0.25, 0.3) is 0 Å². The van der Waals surface area contributed by atoms with Crippen LogP contribution < -0.4 is 5.46 Å². The van der Waals surface area contributed by atoms with E-state index in [4.69, 9.17) is 4.74 Å². The molecule has 0 aliphatic carbocycles. The smallest absolute Gasteiger partial charge is 0.423 e. The van der Waals surface area contributed by atoms with Crippen LogP contribution in [0.5, 0.6) is 0 Å². The van der Waals surface area contributed by atoms with Crippen molar-refractivity contribution in [1.82, 2.24) is 9.80 Å². The molecule has 6 heteroatoms. The second kappa shape index (κ2) is 6.90. The van der Waals surface area contributed by atoms with Crippen LogP contribution in [-0.2, 0) is 11.3 Å². The summed E-state index contributed by atoms with van der Waals surface area (Å²) in [5.74, 6) is 0. The molecule has 2 heterocycles. The molecule has 0 radical (unpaired) electrons. The SMILES string of the molecule is OB(O)c1ccccc1CN1CCC(N2CCOCC2)C1. The summed E-state index contributed by atoms with van der Waals surface area (Å²) < 4.78 is 5.41. The Morgan fingerprint density at radius 3 is 2.67 bits per heavy atom. The standard InChI is InChI=1S/C15H23BN2O3/c19-16(20)15-4-2-1-3-13(15)11-17-6-5-14(12-17)18-7-9-21-10-8-18/h1-4,14,19-20H,5-12H2. The lowest BCUT2D eigenvalue weighted by atomic mass is 9.77. The number of benzene rings is 1. The van der Waals surface area contributed by atoms with Gasteiger partial charge in [0.15, 0.2) is 0 Å². The highest BCUT2D eigenvalue weighted by molar-refractivity contribution is 6.59. The van der Waals surface area contributed by atoms with Crippen molar-refractivity contribution in [2.45, 2.75) is 19.0 Å². The largest absolute Gasteiger partial charge is 0.488 e. The summed E-state index contributed by atoms with van der Waals surface area (Å²) in [5.41, 5.74) is 1.63. The number of likely N-dealkylation sites (tertiary alicyclic amines) is 1. The molecule has 1 atom stereocenters. The molecular weight excluding hydrogens is 267 g/mol. The van der Waals surface area contributed by atoms with Gasteiger partial charge in [0.05, 0.1) is 13.2 Å². The monoisotopic (exact) mass is 290 g/mol. The van der Waals surface area contributed by atoms with Crippen LogP contribution in [0.15, 0.2) is 24.3 Å². The molecule has 114 valence electrons. The Balaban J connectivity index is 1.59.